The lowest BCUT2D eigenvalue weighted by atomic mass is 10.1. The van der Waals surface area contributed by atoms with Gasteiger partial charge >= 0.3 is 0 Å². The first kappa shape index (κ1) is 9.93. The molecule has 0 spiro atoms. The zero-order valence-corrected chi connectivity index (χ0v) is 10.1. The van der Waals surface area contributed by atoms with Gasteiger partial charge in [0.25, 0.3) is 0 Å². The van der Waals surface area contributed by atoms with Crippen molar-refractivity contribution in [3.05, 3.63) is 35.9 Å². The molecule has 1 saturated carbocycles. The van der Waals surface area contributed by atoms with Crippen molar-refractivity contribution in [2.45, 2.75) is 37.2 Å². The van der Waals surface area contributed by atoms with E-state index in [2.05, 4.69) is 19.6 Å². The van der Waals surface area contributed by atoms with Crippen molar-refractivity contribution in [2.24, 2.45) is 0 Å². The van der Waals surface area contributed by atoms with Crippen LogP contribution in [0.15, 0.2) is 30.3 Å². The Hall–Kier alpha value is -0.603. The highest BCUT2D eigenvalue weighted by Crippen LogP contribution is 2.61. The molecule has 0 unspecified atom stereocenters. The predicted octanol–water partition coefficient (Wildman–Crippen LogP) is 2.99. The summed E-state index contributed by atoms with van der Waals surface area (Å²) >= 11 is 0. The Balaban J connectivity index is 2.23. The Kier molecular flexibility index (Phi) is 2.09. The van der Waals surface area contributed by atoms with Gasteiger partial charge in [-0.3, -0.25) is 0 Å². The second kappa shape index (κ2) is 2.94. The summed E-state index contributed by atoms with van der Waals surface area (Å²) in [5.41, 5.74) is 1.15. The Morgan fingerprint density at radius 2 is 1.79 bits per heavy atom. The van der Waals surface area contributed by atoms with Gasteiger partial charge in [0.15, 0.2) is 0 Å². The molecule has 1 N–H and O–H groups in total. The molecule has 0 heterocycles. The molecule has 2 atom stereocenters. The maximum Gasteiger partial charge on any atom is 0.0903 e. The zero-order valence-electron chi connectivity index (χ0n) is 9.12. The Morgan fingerprint density at radius 3 is 2.21 bits per heavy atom. The summed E-state index contributed by atoms with van der Waals surface area (Å²) in [5, 5.41) is 10.4. The monoisotopic (exact) mass is 206 g/mol. The minimum Gasteiger partial charge on any atom is -0.385 e. The molecule has 1 aliphatic rings. The molecule has 14 heavy (non-hydrogen) atoms. The average Bonchev–Trinajstić information content (AvgIpc) is 2.81. The molecule has 0 radical (unpaired) electrons. The van der Waals surface area contributed by atoms with Crippen LogP contribution in [0.4, 0.5) is 0 Å². The lowest BCUT2D eigenvalue weighted by Crippen LogP contribution is -2.25. The molecule has 0 bridgehead atoms. The van der Waals surface area contributed by atoms with Gasteiger partial charge in [-0.25, -0.2) is 0 Å². The van der Waals surface area contributed by atoms with Crippen molar-refractivity contribution >= 4 is 8.07 Å². The van der Waals surface area contributed by atoms with Crippen molar-refractivity contribution in [1.82, 2.24) is 0 Å². The van der Waals surface area contributed by atoms with Gasteiger partial charge < -0.3 is 5.11 Å². The molecule has 0 saturated heterocycles. The predicted molar refractivity (Wildman–Crippen MR) is 62.1 cm³/mol. The first-order chi connectivity index (χ1) is 6.44. The fourth-order valence-corrected chi connectivity index (χ4v) is 4.84. The summed E-state index contributed by atoms with van der Waals surface area (Å²) in [7, 11) is -1.19. The van der Waals surface area contributed by atoms with Crippen LogP contribution in [0.5, 0.6) is 0 Å². The van der Waals surface area contributed by atoms with Gasteiger partial charge in [0.05, 0.1) is 13.7 Å². The van der Waals surface area contributed by atoms with E-state index in [0.29, 0.717) is 5.54 Å². The van der Waals surface area contributed by atoms with Gasteiger partial charge in [-0.05, 0) is 17.5 Å². The number of aliphatic hydroxyl groups is 1. The van der Waals surface area contributed by atoms with Crippen LogP contribution in [0.3, 0.4) is 0 Å². The molecule has 1 aromatic rings. The lowest BCUT2D eigenvalue weighted by molar-refractivity contribution is 0.150. The number of hydrogen-bond acceptors (Lipinski definition) is 1. The molecule has 1 aliphatic carbocycles. The minimum atomic E-state index is -1.19. The molecule has 2 rings (SSSR count). The van der Waals surface area contributed by atoms with Gasteiger partial charge in [0.1, 0.15) is 0 Å². The highest BCUT2D eigenvalue weighted by molar-refractivity contribution is 6.78. The normalized spacial score (nSPS) is 31.6. The van der Waals surface area contributed by atoms with Gasteiger partial charge in [-0.15, -0.1) is 0 Å². The molecular formula is C12H18OSi. The largest absolute Gasteiger partial charge is 0.385 e. The Labute approximate surface area is 86.8 Å². The molecule has 1 nitrogen and oxygen atoms in total. The molecule has 0 aliphatic heterocycles. The summed E-state index contributed by atoms with van der Waals surface area (Å²) in [6.45, 7) is 7.00. The maximum absolute atomic E-state index is 10.4. The third kappa shape index (κ3) is 1.53. The van der Waals surface area contributed by atoms with Gasteiger partial charge in [-0.1, -0.05) is 50.0 Å². The molecule has 0 amide bonds. The molecule has 76 valence electrons. The summed E-state index contributed by atoms with van der Waals surface area (Å²) in [4.78, 5) is 0. The van der Waals surface area contributed by atoms with Crippen LogP contribution in [0.2, 0.25) is 25.2 Å². The topological polar surface area (TPSA) is 20.2 Å². The van der Waals surface area contributed by atoms with E-state index in [1.165, 1.54) is 0 Å². The molecule has 1 aromatic carbocycles. The van der Waals surface area contributed by atoms with Crippen LogP contribution in [-0.2, 0) is 5.60 Å². The van der Waals surface area contributed by atoms with E-state index in [0.717, 1.165) is 12.0 Å². The van der Waals surface area contributed by atoms with Gasteiger partial charge in [0, 0.05) is 0 Å². The summed E-state index contributed by atoms with van der Waals surface area (Å²) in [6, 6.07) is 10.1. The van der Waals surface area contributed by atoms with Crippen LogP contribution >= 0.6 is 0 Å². The van der Waals surface area contributed by atoms with Crippen LogP contribution in [-0.4, -0.2) is 13.2 Å². The quantitative estimate of drug-likeness (QED) is 0.738. The molecule has 2 heteroatoms. The van der Waals surface area contributed by atoms with E-state index in [9.17, 15) is 5.11 Å². The second-order valence-corrected chi connectivity index (χ2v) is 10.8. The SMILES string of the molecule is C[Si](C)(C)[C@@H]1C[C@]1(O)c1ccccc1. The number of benzene rings is 1. The number of rotatable bonds is 2. The minimum absolute atomic E-state index is 0.494. The van der Waals surface area contributed by atoms with Crippen molar-refractivity contribution in [3.8, 4) is 0 Å². The summed E-state index contributed by atoms with van der Waals surface area (Å²) < 4.78 is 0. The van der Waals surface area contributed by atoms with Crippen LogP contribution in [0.25, 0.3) is 0 Å². The van der Waals surface area contributed by atoms with Crippen molar-refractivity contribution < 1.29 is 5.11 Å². The molecular weight excluding hydrogens is 188 g/mol. The Morgan fingerprint density at radius 1 is 1.21 bits per heavy atom. The highest BCUT2D eigenvalue weighted by atomic mass is 28.3. The first-order valence-corrected chi connectivity index (χ1v) is 8.80. The average molecular weight is 206 g/mol. The first-order valence-electron chi connectivity index (χ1n) is 5.22. The third-order valence-corrected chi connectivity index (χ3v) is 6.02. The van der Waals surface area contributed by atoms with Gasteiger partial charge in [0.2, 0.25) is 0 Å². The Bertz CT molecular complexity index is 328. The smallest absolute Gasteiger partial charge is 0.0903 e. The van der Waals surface area contributed by atoms with E-state index < -0.39 is 13.7 Å². The van der Waals surface area contributed by atoms with E-state index in [4.69, 9.17) is 0 Å². The highest BCUT2D eigenvalue weighted by Gasteiger charge is 2.59. The summed E-state index contributed by atoms with van der Waals surface area (Å²) in [6.07, 6.45) is 0.965. The van der Waals surface area contributed by atoms with Crippen LogP contribution in [0.1, 0.15) is 12.0 Å². The van der Waals surface area contributed by atoms with Crippen molar-refractivity contribution in [2.75, 3.05) is 0 Å². The van der Waals surface area contributed by atoms with E-state index in [-0.39, 0.29) is 0 Å². The molecule has 0 aromatic heterocycles. The zero-order chi connectivity index (χ0) is 10.4. The summed E-state index contributed by atoms with van der Waals surface area (Å²) in [5.74, 6) is 0. The fourth-order valence-electron chi connectivity index (χ4n) is 2.32. The van der Waals surface area contributed by atoms with Crippen LogP contribution in [0, 0.1) is 0 Å². The standard InChI is InChI=1S/C12H18OSi/c1-14(2,3)11-9-12(11,13)10-7-5-4-6-8-10/h4-8,11,13H,9H2,1-3H3/t11-,12+/m1/s1. The van der Waals surface area contributed by atoms with Crippen LogP contribution < -0.4 is 0 Å². The third-order valence-electron chi connectivity index (χ3n) is 3.25. The second-order valence-electron chi connectivity index (χ2n) is 5.41. The van der Waals surface area contributed by atoms with E-state index in [1.807, 2.05) is 30.3 Å². The molecule has 1 fully saturated rings. The van der Waals surface area contributed by atoms with Crippen molar-refractivity contribution in [3.63, 3.8) is 0 Å². The number of hydrogen-bond donors (Lipinski definition) is 1. The fraction of sp³-hybridized carbons (Fsp3) is 0.500. The van der Waals surface area contributed by atoms with E-state index >= 15 is 0 Å². The maximum atomic E-state index is 10.4. The van der Waals surface area contributed by atoms with Crippen molar-refractivity contribution in [1.29, 1.82) is 0 Å². The lowest BCUT2D eigenvalue weighted by Gasteiger charge is -2.19. The van der Waals surface area contributed by atoms with E-state index in [1.54, 1.807) is 0 Å². The van der Waals surface area contributed by atoms with Gasteiger partial charge in [-0.2, -0.15) is 0 Å².